The molecule has 3 rings (SSSR count). The summed E-state index contributed by atoms with van der Waals surface area (Å²) in [5, 5.41) is 4.13. The van der Waals surface area contributed by atoms with Crippen LogP contribution in [-0.4, -0.2) is 30.4 Å². The highest BCUT2D eigenvalue weighted by atomic mass is 79.9. The van der Waals surface area contributed by atoms with Gasteiger partial charge in [0.2, 0.25) is 5.95 Å². The maximum atomic E-state index is 11.9. The average molecular weight is 429 g/mol. The highest BCUT2D eigenvalue weighted by Gasteiger charge is 2.09. The van der Waals surface area contributed by atoms with Gasteiger partial charge in [-0.2, -0.15) is 5.10 Å². The first kappa shape index (κ1) is 18.7. The van der Waals surface area contributed by atoms with Crippen LogP contribution in [0.5, 0.6) is 11.5 Å². The van der Waals surface area contributed by atoms with Crippen molar-refractivity contribution in [3.05, 3.63) is 68.9 Å². The topological polar surface area (TPSA) is 88.6 Å². The summed E-state index contributed by atoms with van der Waals surface area (Å²) >= 11 is 3.43. The number of hydrogen-bond acceptors (Lipinski definition) is 6. The fraction of sp³-hybridized carbons (Fsp3) is 0.105. The van der Waals surface area contributed by atoms with Gasteiger partial charge in [0.15, 0.2) is 11.5 Å². The molecule has 3 aromatic rings. The molecule has 2 aromatic carbocycles. The number of aromatic nitrogens is 2. The molecule has 1 heterocycles. The van der Waals surface area contributed by atoms with Gasteiger partial charge in [0, 0.05) is 11.6 Å². The summed E-state index contributed by atoms with van der Waals surface area (Å²) in [6.07, 6.45) is 1.59. The lowest BCUT2D eigenvalue weighted by atomic mass is 10.1. The first-order valence-corrected chi connectivity index (χ1v) is 8.77. The molecule has 0 bridgehead atoms. The molecule has 0 aliphatic rings. The zero-order valence-corrected chi connectivity index (χ0v) is 16.3. The van der Waals surface area contributed by atoms with Crippen molar-refractivity contribution in [3.8, 4) is 22.8 Å². The summed E-state index contributed by atoms with van der Waals surface area (Å²) in [5.41, 5.74) is 4.66. The van der Waals surface area contributed by atoms with Crippen molar-refractivity contribution in [1.82, 2.24) is 9.97 Å². The van der Waals surface area contributed by atoms with Gasteiger partial charge in [0.05, 0.1) is 30.6 Å². The van der Waals surface area contributed by atoms with Crippen LogP contribution < -0.4 is 20.5 Å². The number of nitrogens with one attached hydrogen (secondary N) is 2. The predicted molar refractivity (Wildman–Crippen MR) is 109 cm³/mol. The number of anilines is 1. The van der Waals surface area contributed by atoms with Crippen LogP contribution in [0.2, 0.25) is 0 Å². The van der Waals surface area contributed by atoms with Crippen LogP contribution >= 0.6 is 15.9 Å². The summed E-state index contributed by atoms with van der Waals surface area (Å²) in [7, 11) is 3.13. The standard InChI is InChI=1S/C19H17BrN4O3/c1-26-16-9-12(8-14(20)18(16)27-2)11-21-24-19-22-15(10-17(25)23-19)13-6-4-3-5-7-13/h3-11H,1-2H3,(H2,22,23,24,25)/b21-11-. The van der Waals surface area contributed by atoms with Crippen molar-refractivity contribution >= 4 is 28.1 Å². The fourth-order valence-electron chi connectivity index (χ4n) is 2.45. The SMILES string of the molecule is COc1cc(/C=N\Nc2nc(-c3ccccc3)cc(=O)[nH]2)cc(Br)c1OC. The summed E-state index contributed by atoms with van der Waals surface area (Å²) in [6.45, 7) is 0. The van der Waals surface area contributed by atoms with E-state index in [1.807, 2.05) is 36.4 Å². The van der Waals surface area contributed by atoms with E-state index in [2.05, 4.69) is 36.4 Å². The molecular weight excluding hydrogens is 412 g/mol. The van der Waals surface area contributed by atoms with Crippen molar-refractivity contribution in [3.63, 3.8) is 0 Å². The van der Waals surface area contributed by atoms with E-state index in [0.29, 0.717) is 17.2 Å². The molecule has 138 valence electrons. The van der Waals surface area contributed by atoms with Gasteiger partial charge < -0.3 is 9.47 Å². The zero-order chi connectivity index (χ0) is 19.2. The molecule has 0 unspecified atom stereocenters. The minimum absolute atomic E-state index is 0.247. The first-order chi connectivity index (χ1) is 13.1. The lowest BCUT2D eigenvalue weighted by Gasteiger charge is -2.10. The Kier molecular flexibility index (Phi) is 5.87. The van der Waals surface area contributed by atoms with Crippen molar-refractivity contribution in [2.75, 3.05) is 19.6 Å². The molecule has 8 heteroatoms. The monoisotopic (exact) mass is 428 g/mol. The number of halogens is 1. The van der Waals surface area contributed by atoms with E-state index in [0.717, 1.165) is 15.6 Å². The molecule has 7 nitrogen and oxygen atoms in total. The Hall–Kier alpha value is -3.13. The second-order valence-corrected chi connectivity index (χ2v) is 6.31. The second kappa shape index (κ2) is 8.50. The number of ether oxygens (including phenoxy) is 2. The second-order valence-electron chi connectivity index (χ2n) is 5.45. The van der Waals surface area contributed by atoms with Gasteiger partial charge >= 0.3 is 0 Å². The molecule has 0 aliphatic heterocycles. The zero-order valence-electron chi connectivity index (χ0n) is 14.7. The van der Waals surface area contributed by atoms with E-state index in [4.69, 9.17) is 9.47 Å². The summed E-state index contributed by atoms with van der Waals surface area (Å²) in [4.78, 5) is 18.9. The van der Waals surface area contributed by atoms with Gasteiger partial charge in [-0.05, 0) is 33.6 Å². The van der Waals surface area contributed by atoms with Crippen molar-refractivity contribution < 1.29 is 9.47 Å². The van der Waals surface area contributed by atoms with E-state index in [9.17, 15) is 4.79 Å². The van der Waals surface area contributed by atoms with E-state index in [1.165, 1.54) is 6.07 Å². The molecule has 0 fully saturated rings. The fourth-order valence-corrected chi connectivity index (χ4v) is 3.07. The van der Waals surface area contributed by atoms with Gasteiger partial charge in [-0.3, -0.25) is 9.78 Å². The van der Waals surface area contributed by atoms with Crippen LogP contribution in [0.25, 0.3) is 11.3 Å². The Morgan fingerprint density at radius 3 is 2.63 bits per heavy atom. The van der Waals surface area contributed by atoms with E-state index >= 15 is 0 Å². The number of hydrazone groups is 1. The van der Waals surface area contributed by atoms with E-state index in [-0.39, 0.29) is 11.5 Å². The van der Waals surface area contributed by atoms with Crippen molar-refractivity contribution in [1.29, 1.82) is 0 Å². The van der Waals surface area contributed by atoms with Crippen molar-refractivity contribution in [2.24, 2.45) is 5.10 Å². The molecular formula is C19H17BrN4O3. The number of rotatable bonds is 6. The Balaban J connectivity index is 1.82. The molecule has 0 atom stereocenters. The van der Waals surface area contributed by atoms with E-state index < -0.39 is 0 Å². The van der Waals surface area contributed by atoms with Gasteiger partial charge in [-0.15, -0.1) is 0 Å². The molecule has 27 heavy (non-hydrogen) atoms. The quantitative estimate of drug-likeness (QED) is 0.461. The third kappa shape index (κ3) is 4.53. The van der Waals surface area contributed by atoms with Crippen LogP contribution in [0.4, 0.5) is 5.95 Å². The Morgan fingerprint density at radius 2 is 1.93 bits per heavy atom. The Morgan fingerprint density at radius 1 is 1.15 bits per heavy atom. The van der Waals surface area contributed by atoms with Crippen LogP contribution in [0.3, 0.4) is 0 Å². The van der Waals surface area contributed by atoms with E-state index in [1.54, 1.807) is 26.5 Å². The minimum atomic E-state index is -0.268. The van der Waals surface area contributed by atoms with Gasteiger partial charge in [0.1, 0.15) is 0 Å². The summed E-state index contributed by atoms with van der Waals surface area (Å²) < 4.78 is 11.3. The molecule has 0 saturated carbocycles. The minimum Gasteiger partial charge on any atom is -0.493 e. The number of benzene rings is 2. The van der Waals surface area contributed by atoms with Crippen molar-refractivity contribution in [2.45, 2.75) is 0 Å². The van der Waals surface area contributed by atoms with Gasteiger partial charge in [-0.25, -0.2) is 10.4 Å². The Labute approximate surface area is 164 Å². The highest BCUT2D eigenvalue weighted by molar-refractivity contribution is 9.10. The van der Waals surface area contributed by atoms with Crippen LogP contribution in [0.1, 0.15) is 5.56 Å². The number of hydrogen-bond donors (Lipinski definition) is 2. The average Bonchev–Trinajstić information content (AvgIpc) is 2.68. The smallest absolute Gasteiger partial charge is 0.252 e. The summed E-state index contributed by atoms with van der Waals surface area (Å²) in [5.74, 6) is 1.42. The molecule has 0 aliphatic carbocycles. The molecule has 0 amide bonds. The predicted octanol–water partition coefficient (Wildman–Crippen LogP) is 3.66. The largest absolute Gasteiger partial charge is 0.493 e. The number of nitrogens with zero attached hydrogens (tertiary/aromatic N) is 2. The molecule has 0 saturated heterocycles. The Bertz CT molecular complexity index is 1020. The third-order valence-electron chi connectivity index (χ3n) is 3.65. The maximum absolute atomic E-state index is 11.9. The lowest BCUT2D eigenvalue weighted by Crippen LogP contribution is -2.10. The number of methoxy groups -OCH3 is 2. The van der Waals surface area contributed by atoms with Crippen LogP contribution in [0, 0.1) is 0 Å². The van der Waals surface area contributed by atoms with Crippen LogP contribution in [-0.2, 0) is 0 Å². The van der Waals surface area contributed by atoms with Gasteiger partial charge in [0.25, 0.3) is 5.56 Å². The van der Waals surface area contributed by atoms with Crippen LogP contribution in [0.15, 0.2) is 62.9 Å². The maximum Gasteiger partial charge on any atom is 0.252 e. The number of aromatic amines is 1. The van der Waals surface area contributed by atoms with Gasteiger partial charge in [-0.1, -0.05) is 30.3 Å². The lowest BCUT2D eigenvalue weighted by molar-refractivity contribution is 0.353. The third-order valence-corrected chi connectivity index (χ3v) is 4.24. The highest BCUT2D eigenvalue weighted by Crippen LogP contribution is 2.35. The molecule has 1 aromatic heterocycles. The normalized spacial score (nSPS) is 10.8. The molecule has 0 radical (unpaired) electrons. The number of H-pyrrole nitrogens is 1. The molecule has 0 spiro atoms. The molecule has 2 N–H and O–H groups in total. The first-order valence-electron chi connectivity index (χ1n) is 7.98. The summed E-state index contributed by atoms with van der Waals surface area (Å²) in [6, 6.07) is 14.5.